The van der Waals surface area contributed by atoms with E-state index in [1.807, 2.05) is 12.1 Å². The minimum Gasteiger partial charge on any atom is -0.370 e. The lowest BCUT2D eigenvalue weighted by Gasteiger charge is -2.13. The Morgan fingerprint density at radius 2 is 2.07 bits per heavy atom. The second kappa shape index (κ2) is 5.13. The van der Waals surface area contributed by atoms with Gasteiger partial charge in [0, 0.05) is 0 Å². The standard InChI is InChI=1S/C14H18O/c1-2-3-9-13-10-11-14(15-13)12-7-5-4-6-8-12/h2,4-8,13-14H,1,3,9-11H2/t13-,14+/m0/s1. The third kappa shape index (κ3) is 2.69. The first-order chi connectivity index (χ1) is 7.40. The molecule has 1 nitrogen and oxygen atoms in total. The maximum atomic E-state index is 6.00. The van der Waals surface area contributed by atoms with Crippen LogP contribution >= 0.6 is 0 Å². The van der Waals surface area contributed by atoms with Crippen molar-refractivity contribution < 1.29 is 4.74 Å². The van der Waals surface area contributed by atoms with Gasteiger partial charge in [0.2, 0.25) is 0 Å². The van der Waals surface area contributed by atoms with Crippen LogP contribution in [0.3, 0.4) is 0 Å². The minimum atomic E-state index is 0.320. The van der Waals surface area contributed by atoms with Crippen molar-refractivity contribution in [3.8, 4) is 0 Å². The quantitative estimate of drug-likeness (QED) is 0.673. The molecule has 0 aromatic heterocycles. The number of rotatable bonds is 4. The van der Waals surface area contributed by atoms with Gasteiger partial charge in [-0.15, -0.1) is 6.58 Å². The Morgan fingerprint density at radius 1 is 1.27 bits per heavy atom. The Bertz CT molecular complexity index is 304. The first kappa shape index (κ1) is 10.4. The summed E-state index contributed by atoms with van der Waals surface area (Å²) in [6, 6.07) is 10.5. The zero-order valence-corrected chi connectivity index (χ0v) is 9.06. The highest BCUT2D eigenvalue weighted by Gasteiger charge is 2.25. The number of hydrogen-bond acceptors (Lipinski definition) is 1. The number of hydrogen-bond donors (Lipinski definition) is 0. The molecule has 1 aromatic carbocycles. The summed E-state index contributed by atoms with van der Waals surface area (Å²) in [6.45, 7) is 3.74. The summed E-state index contributed by atoms with van der Waals surface area (Å²) in [5, 5.41) is 0. The molecule has 0 bridgehead atoms. The van der Waals surface area contributed by atoms with Crippen molar-refractivity contribution >= 4 is 0 Å². The Morgan fingerprint density at radius 3 is 2.80 bits per heavy atom. The van der Waals surface area contributed by atoms with Crippen LogP contribution in [0.15, 0.2) is 43.0 Å². The van der Waals surface area contributed by atoms with E-state index in [4.69, 9.17) is 4.74 Å². The molecule has 1 fully saturated rings. The minimum absolute atomic E-state index is 0.320. The smallest absolute Gasteiger partial charge is 0.0829 e. The molecule has 0 N–H and O–H groups in total. The van der Waals surface area contributed by atoms with Crippen LogP contribution in [-0.4, -0.2) is 6.10 Å². The van der Waals surface area contributed by atoms with Gasteiger partial charge in [-0.25, -0.2) is 0 Å². The van der Waals surface area contributed by atoms with Gasteiger partial charge in [-0.05, 0) is 31.2 Å². The summed E-state index contributed by atoms with van der Waals surface area (Å²) in [7, 11) is 0. The first-order valence-corrected chi connectivity index (χ1v) is 5.71. The molecule has 15 heavy (non-hydrogen) atoms. The van der Waals surface area contributed by atoms with Crippen LogP contribution in [0.5, 0.6) is 0 Å². The molecule has 1 aromatic rings. The molecule has 0 spiro atoms. The third-order valence-electron chi connectivity index (χ3n) is 2.97. The predicted octanol–water partition coefficient (Wildman–Crippen LogP) is 3.87. The Balaban J connectivity index is 1.90. The van der Waals surface area contributed by atoms with Crippen molar-refractivity contribution in [1.29, 1.82) is 0 Å². The lowest BCUT2D eigenvalue weighted by molar-refractivity contribution is 0.0406. The van der Waals surface area contributed by atoms with Crippen molar-refractivity contribution in [2.45, 2.75) is 37.9 Å². The van der Waals surface area contributed by atoms with Crippen LogP contribution in [0.4, 0.5) is 0 Å². The SMILES string of the molecule is C=CCC[C@H]1CC[C@H](c2ccccc2)O1. The van der Waals surface area contributed by atoms with Gasteiger partial charge in [-0.1, -0.05) is 36.4 Å². The summed E-state index contributed by atoms with van der Waals surface area (Å²) in [5.41, 5.74) is 1.32. The zero-order chi connectivity index (χ0) is 10.5. The van der Waals surface area contributed by atoms with Gasteiger partial charge in [0.15, 0.2) is 0 Å². The van der Waals surface area contributed by atoms with Crippen LogP contribution < -0.4 is 0 Å². The molecule has 1 heteroatoms. The lowest BCUT2D eigenvalue weighted by atomic mass is 10.1. The summed E-state index contributed by atoms with van der Waals surface area (Å²) in [6.07, 6.45) is 7.26. The number of allylic oxidation sites excluding steroid dienone is 1. The molecule has 2 atom stereocenters. The van der Waals surface area contributed by atoms with E-state index < -0.39 is 0 Å². The van der Waals surface area contributed by atoms with E-state index >= 15 is 0 Å². The largest absolute Gasteiger partial charge is 0.370 e. The lowest BCUT2D eigenvalue weighted by Crippen LogP contribution is -2.05. The van der Waals surface area contributed by atoms with Crippen LogP contribution in [0.1, 0.15) is 37.4 Å². The Kier molecular flexibility index (Phi) is 3.57. The monoisotopic (exact) mass is 202 g/mol. The summed E-state index contributed by atoms with van der Waals surface area (Å²) in [4.78, 5) is 0. The second-order valence-corrected chi connectivity index (χ2v) is 4.10. The Hall–Kier alpha value is -1.08. The summed E-state index contributed by atoms with van der Waals surface area (Å²) in [5.74, 6) is 0. The van der Waals surface area contributed by atoms with Crippen LogP contribution in [0.25, 0.3) is 0 Å². The topological polar surface area (TPSA) is 9.23 Å². The summed E-state index contributed by atoms with van der Waals surface area (Å²) < 4.78 is 6.00. The van der Waals surface area contributed by atoms with Gasteiger partial charge < -0.3 is 4.74 Å². The van der Waals surface area contributed by atoms with E-state index in [-0.39, 0.29) is 0 Å². The second-order valence-electron chi connectivity index (χ2n) is 4.10. The highest BCUT2D eigenvalue weighted by atomic mass is 16.5. The van der Waals surface area contributed by atoms with Crippen molar-refractivity contribution in [2.24, 2.45) is 0 Å². The average Bonchev–Trinajstić information content (AvgIpc) is 2.76. The number of benzene rings is 1. The van der Waals surface area contributed by atoms with Crippen molar-refractivity contribution in [3.05, 3.63) is 48.6 Å². The molecule has 0 aliphatic carbocycles. The van der Waals surface area contributed by atoms with E-state index in [2.05, 4.69) is 30.8 Å². The van der Waals surface area contributed by atoms with Gasteiger partial charge >= 0.3 is 0 Å². The van der Waals surface area contributed by atoms with E-state index in [0.29, 0.717) is 12.2 Å². The first-order valence-electron chi connectivity index (χ1n) is 5.71. The molecule has 1 saturated heterocycles. The molecule has 80 valence electrons. The van der Waals surface area contributed by atoms with Crippen LogP contribution in [-0.2, 0) is 4.74 Å². The predicted molar refractivity (Wildman–Crippen MR) is 62.7 cm³/mol. The van der Waals surface area contributed by atoms with Crippen molar-refractivity contribution in [3.63, 3.8) is 0 Å². The van der Waals surface area contributed by atoms with Crippen molar-refractivity contribution in [2.75, 3.05) is 0 Å². The molecule has 1 aliphatic rings. The molecule has 2 rings (SSSR count). The highest BCUT2D eigenvalue weighted by Crippen LogP contribution is 2.34. The van der Waals surface area contributed by atoms with Gasteiger partial charge in [-0.3, -0.25) is 0 Å². The van der Waals surface area contributed by atoms with E-state index in [1.165, 1.54) is 12.0 Å². The van der Waals surface area contributed by atoms with Crippen molar-refractivity contribution in [1.82, 2.24) is 0 Å². The van der Waals surface area contributed by atoms with Gasteiger partial charge in [0.25, 0.3) is 0 Å². The molecule has 0 unspecified atom stereocenters. The maximum absolute atomic E-state index is 6.00. The molecule has 1 heterocycles. The fraction of sp³-hybridized carbons (Fsp3) is 0.429. The molecule has 1 aliphatic heterocycles. The van der Waals surface area contributed by atoms with E-state index in [1.54, 1.807) is 0 Å². The van der Waals surface area contributed by atoms with Gasteiger partial charge in [-0.2, -0.15) is 0 Å². The van der Waals surface area contributed by atoms with E-state index in [0.717, 1.165) is 19.3 Å². The third-order valence-corrected chi connectivity index (χ3v) is 2.97. The van der Waals surface area contributed by atoms with E-state index in [9.17, 15) is 0 Å². The van der Waals surface area contributed by atoms with Crippen LogP contribution in [0.2, 0.25) is 0 Å². The van der Waals surface area contributed by atoms with Crippen LogP contribution in [0, 0.1) is 0 Å². The fourth-order valence-electron chi connectivity index (χ4n) is 2.13. The Labute approximate surface area is 91.8 Å². The fourth-order valence-corrected chi connectivity index (χ4v) is 2.13. The molecular formula is C14H18O. The van der Waals surface area contributed by atoms with Gasteiger partial charge in [0.05, 0.1) is 12.2 Å². The average molecular weight is 202 g/mol. The van der Waals surface area contributed by atoms with Gasteiger partial charge in [0.1, 0.15) is 0 Å². The highest BCUT2D eigenvalue weighted by molar-refractivity contribution is 5.18. The molecule has 0 saturated carbocycles. The molecule has 0 amide bonds. The molecular weight excluding hydrogens is 184 g/mol. The molecule has 0 radical (unpaired) electrons. The zero-order valence-electron chi connectivity index (χ0n) is 9.06. The number of ether oxygens (including phenoxy) is 1. The normalized spacial score (nSPS) is 25.3. The summed E-state index contributed by atoms with van der Waals surface area (Å²) >= 11 is 0. The maximum Gasteiger partial charge on any atom is 0.0829 e.